The van der Waals surface area contributed by atoms with Gasteiger partial charge in [-0.05, 0) is 31.0 Å². The summed E-state index contributed by atoms with van der Waals surface area (Å²) in [4.78, 5) is 10.8. The number of carbonyl (C=O) groups is 1. The zero-order chi connectivity index (χ0) is 12.0. The van der Waals surface area contributed by atoms with Crippen molar-refractivity contribution in [1.29, 1.82) is 0 Å². The number of Topliss-reactive ketones (excluding diaryl/α,β-unsaturated/α-hetero) is 1. The van der Waals surface area contributed by atoms with Gasteiger partial charge in [-0.2, -0.15) is 0 Å². The van der Waals surface area contributed by atoms with Gasteiger partial charge in [0.05, 0.1) is 0 Å². The molecule has 0 fully saturated rings. The quantitative estimate of drug-likeness (QED) is 0.760. The number of aryl methyl sites for hydroxylation is 1. The molecule has 16 heavy (non-hydrogen) atoms. The van der Waals surface area contributed by atoms with Gasteiger partial charge in [0.15, 0.2) is 0 Å². The summed E-state index contributed by atoms with van der Waals surface area (Å²) < 4.78 is 5.35. The van der Waals surface area contributed by atoms with E-state index in [-0.39, 0.29) is 5.78 Å². The predicted octanol–water partition coefficient (Wildman–Crippen LogP) is 3.34. The molecule has 0 aliphatic carbocycles. The summed E-state index contributed by atoms with van der Waals surface area (Å²) >= 11 is 5.59. The number of ketones is 1. The standard InChI is InChI=1S/C13H15ClO2/c1-10(14)9-16-13-7-5-12(6-8-13)4-3-11(2)15/h5-8H,1,3-4,9H2,2H3. The highest BCUT2D eigenvalue weighted by molar-refractivity contribution is 6.29. The zero-order valence-corrected chi connectivity index (χ0v) is 10.1. The van der Waals surface area contributed by atoms with Crippen LogP contribution in [0, 0.1) is 0 Å². The molecule has 0 spiro atoms. The first kappa shape index (κ1) is 12.8. The maximum absolute atomic E-state index is 10.8. The molecule has 0 saturated heterocycles. The molecule has 1 aromatic rings. The maximum Gasteiger partial charge on any atom is 0.130 e. The van der Waals surface area contributed by atoms with Crippen LogP contribution in [-0.4, -0.2) is 12.4 Å². The third-order valence-electron chi connectivity index (χ3n) is 2.08. The van der Waals surface area contributed by atoms with Crippen LogP contribution in [0.1, 0.15) is 18.9 Å². The monoisotopic (exact) mass is 238 g/mol. The number of ether oxygens (including phenoxy) is 1. The molecule has 1 aromatic carbocycles. The summed E-state index contributed by atoms with van der Waals surface area (Å²) in [6, 6.07) is 7.65. The number of carbonyl (C=O) groups excluding carboxylic acids is 1. The van der Waals surface area contributed by atoms with Gasteiger partial charge in [-0.15, -0.1) is 0 Å². The van der Waals surface area contributed by atoms with Crippen molar-refractivity contribution in [2.45, 2.75) is 19.8 Å². The van der Waals surface area contributed by atoms with Gasteiger partial charge in [0.1, 0.15) is 18.1 Å². The molecule has 0 radical (unpaired) electrons. The van der Waals surface area contributed by atoms with Gasteiger partial charge in [0.2, 0.25) is 0 Å². The summed E-state index contributed by atoms with van der Waals surface area (Å²) in [5, 5.41) is 0.473. The Kier molecular flexibility index (Phi) is 5.06. The van der Waals surface area contributed by atoms with E-state index in [0.29, 0.717) is 18.1 Å². The fourth-order valence-corrected chi connectivity index (χ4v) is 1.29. The van der Waals surface area contributed by atoms with Crippen molar-refractivity contribution in [3.8, 4) is 5.75 Å². The molecule has 0 aliphatic heterocycles. The third-order valence-corrected chi connectivity index (χ3v) is 2.19. The molecule has 86 valence electrons. The van der Waals surface area contributed by atoms with E-state index in [1.807, 2.05) is 24.3 Å². The average molecular weight is 239 g/mol. The topological polar surface area (TPSA) is 26.3 Å². The summed E-state index contributed by atoms with van der Waals surface area (Å²) in [5.74, 6) is 0.965. The van der Waals surface area contributed by atoms with Gasteiger partial charge in [0, 0.05) is 11.5 Å². The Balaban J connectivity index is 2.47. The van der Waals surface area contributed by atoms with E-state index in [0.717, 1.165) is 17.7 Å². The van der Waals surface area contributed by atoms with E-state index in [1.54, 1.807) is 6.92 Å². The molecule has 0 aliphatic rings. The number of hydrogen-bond acceptors (Lipinski definition) is 2. The lowest BCUT2D eigenvalue weighted by atomic mass is 10.1. The fourth-order valence-electron chi connectivity index (χ4n) is 1.23. The summed E-state index contributed by atoms with van der Waals surface area (Å²) in [6.45, 7) is 5.45. The van der Waals surface area contributed by atoms with Crippen molar-refractivity contribution < 1.29 is 9.53 Å². The average Bonchev–Trinajstić information content (AvgIpc) is 2.25. The van der Waals surface area contributed by atoms with E-state index >= 15 is 0 Å². The first-order valence-corrected chi connectivity index (χ1v) is 5.50. The second-order valence-corrected chi connectivity index (χ2v) is 4.19. The second-order valence-electron chi connectivity index (χ2n) is 3.65. The van der Waals surface area contributed by atoms with Gasteiger partial charge < -0.3 is 9.53 Å². The Bertz CT molecular complexity index is 331. The van der Waals surface area contributed by atoms with Gasteiger partial charge in [0.25, 0.3) is 0 Å². The Morgan fingerprint density at radius 3 is 2.50 bits per heavy atom. The van der Waals surface area contributed by atoms with E-state index in [9.17, 15) is 4.79 Å². The number of benzene rings is 1. The van der Waals surface area contributed by atoms with Gasteiger partial charge in [-0.3, -0.25) is 0 Å². The smallest absolute Gasteiger partial charge is 0.130 e. The van der Waals surface area contributed by atoms with E-state index < -0.39 is 0 Å². The zero-order valence-electron chi connectivity index (χ0n) is 9.33. The SMILES string of the molecule is C=C(Cl)COc1ccc(CCC(C)=O)cc1. The Morgan fingerprint density at radius 2 is 2.00 bits per heavy atom. The molecule has 3 heteroatoms. The van der Waals surface area contributed by atoms with Gasteiger partial charge in [-0.25, -0.2) is 0 Å². The van der Waals surface area contributed by atoms with E-state index in [2.05, 4.69) is 6.58 Å². The van der Waals surface area contributed by atoms with Crippen molar-refractivity contribution in [2.75, 3.05) is 6.61 Å². The highest BCUT2D eigenvalue weighted by atomic mass is 35.5. The van der Waals surface area contributed by atoms with Crippen LogP contribution in [0.2, 0.25) is 0 Å². The molecule has 0 atom stereocenters. The molecule has 0 aromatic heterocycles. The number of rotatable bonds is 6. The van der Waals surface area contributed by atoms with Crippen LogP contribution in [-0.2, 0) is 11.2 Å². The molecule has 0 saturated carbocycles. The van der Waals surface area contributed by atoms with Crippen molar-refractivity contribution in [1.82, 2.24) is 0 Å². The Hall–Kier alpha value is -1.28. The molecule has 0 heterocycles. The Labute approximate surface area is 101 Å². The van der Waals surface area contributed by atoms with Crippen LogP contribution in [0.15, 0.2) is 35.9 Å². The molecule has 0 N–H and O–H groups in total. The minimum atomic E-state index is 0.207. The molecule has 1 rings (SSSR count). The fraction of sp³-hybridized carbons (Fsp3) is 0.308. The normalized spacial score (nSPS) is 9.88. The van der Waals surface area contributed by atoms with Crippen LogP contribution in [0.3, 0.4) is 0 Å². The van der Waals surface area contributed by atoms with Crippen molar-refractivity contribution >= 4 is 17.4 Å². The highest BCUT2D eigenvalue weighted by Gasteiger charge is 1.98. The van der Waals surface area contributed by atoms with Crippen LogP contribution >= 0.6 is 11.6 Å². The maximum atomic E-state index is 10.8. The summed E-state index contributed by atoms with van der Waals surface area (Å²) in [5.41, 5.74) is 1.13. The largest absolute Gasteiger partial charge is 0.488 e. The highest BCUT2D eigenvalue weighted by Crippen LogP contribution is 2.14. The second kappa shape index (κ2) is 6.33. The molecule has 0 unspecified atom stereocenters. The van der Waals surface area contributed by atoms with E-state index in [4.69, 9.17) is 16.3 Å². The third kappa shape index (κ3) is 4.99. The molecule has 0 bridgehead atoms. The van der Waals surface area contributed by atoms with E-state index in [1.165, 1.54) is 0 Å². The summed E-state index contributed by atoms with van der Waals surface area (Å²) in [6.07, 6.45) is 1.36. The predicted molar refractivity (Wildman–Crippen MR) is 65.9 cm³/mol. The summed E-state index contributed by atoms with van der Waals surface area (Å²) in [7, 11) is 0. The van der Waals surface area contributed by atoms with Crippen LogP contribution in [0.4, 0.5) is 0 Å². The lowest BCUT2D eigenvalue weighted by molar-refractivity contribution is -0.116. The number of hydrogen-bond donors (Lipinski definition) is 0. The molecule has 2 nitrogen and oxygen atoms in total. The van der Waals surface area contributed by atoms with Gasteiger partial charge in [-0.1, -0.05) is 30.3 Å². The lowest BCUT2D eigenvalue weighted by Gasteiger charge is -2.05. The first-order chi connectivity index (χ1) is 7.58. The van der Waals surface area contributed by atoms with Crippen molar-refractivity contribution in [3.63, 3.8) is 0 Å². The van der Waals surface area contributed by atoms with Crippen LogP contribution < -0.4 is 4.74 Å². The lowest BCUT2D eigenvalue weighted by Crippen LogP contribution is -1.97. The minimum Gasteiger partial charge on any atom is -0.488 e. The van der Waals surface area contributed by atoms with Gasteiger partial charge >= 0.3 is 0 Å². The molecular weight excluding hydrogens is 224 g/mol. The van der Waals surface area contributed by atoms with Crippen molar-refractivity contribution in [2.24, 2.45) is 0 Å². The van der Waals surface area contributed by atoms with Crippen LogP contribution in [0.25, 0.3) is 0 Å². The Morgan fingerprint density at radius 1 is 1.38 bits per heavy atom. The molecular formula is C13H15ClO2. The number of halogens is 1. The van der Waals surface area contributed by atoms with Crippen molar-refractivity contribution in [3.05, 3.63) is 41.4 Å². The molecule has 0 amide bonds. The first-order valence-electron chi connectivity index (χ1n) is 5.12. The minimum absolute atomic E-state index is 0.207. The van der Waals surface area contributed by atoms with Crippen LogP contribution in [0.5, 0.6) is 5.75 Å².